The fourth-order valence-electron chi connectivity index (χ4n) is 3.05. The zero-order chi connectivity index (χ0) is 24.0. The van der Waals surface area contributed by atoms with Crippen LogP contribution in [0.2, 0.25) is 0 Å². The third-order valence-corrected chi connectivity index (χ3v) is 6.79. The SMILES string of the molecule is COCCOc1ccc(C(=O)Nc2ccc(S(=O)(=O)Nc3ccc(C)cc3C)cc2)cc1Br. The number of benzene rings is 3. The van der Waals surface area contributed by atoms with Gasteiger partial charge in [0.25, 0.3) is 15.9 Å². The number of hydrogen-bond acceptors (Lipinski definition) is 5. The number of halogens is 1. The Labute approximate surface area is 202 Å². The van der Waals surface area contributed by atoms with Gasteiger partial charge in [-0.2, -0.15) is 0 Å². The van der Waals surface area contributed by atoms with E-state index in [-0.39, 0.29) is 10.8 Å². The second-order valence-corrected chi connectivity index (χ2v) is 9.93. The fraction of sp³-hybridized carbons (Fsp3) is 0.208. The molecular formula is C24H25BrN2O5S. The minimum Gasteiger partial charge on any atom is -0.490 e. The van der Waals surface area contributed by atoms with E-state index in [0.29, 0.717) is 40.4 Å². The van der Waals surface area contributed by atoms with Crippen molar-refractivity contribution in [3.63, 3.8) is 0 Å². The van der Waals surface area contributed by atoms with Gasteiger partial charge in [0.05, 0.1) is 21.7 Å². The Kier molecular flexibility index (Phi) is 8.12. The van der Waals surface area contributed by atoms with Crippen molar-refractivity contribution < 1.29 is 22.7 Å². The van der Waals surface area contributed by atoms with Crippen molar-refractivity contribution in [1.82, 2.24) is 0 Å². The van der Waals surface area contributed by atoms with Crippen LogP contribution in [0, 0.1) is 13.8 Å². The molecule has 33 heavy (non-hydrogen) atoms. The van der Waals surface area contributed by atoms with E-state index in [1.54, 1.807) is 43.5 Å². The first-order valence-electron chi connectivity index (χ1n) is 10.1. The lowest BCUT2D eigenvalue weighted by atomic mass is 10.1. The summed E-state index contributed by atoms with van der Waals surface area (Å²) in [5.74, 6) is 0.276. The van der Waals surface area contributed by atoms with Gasteiger partial charge in [0.15, 0.2) is 0 Å². The number of carbonyl (C=O) groups excluding carboxylic acids is 1. The summed E-state index contributed by atoms with van der Waals surface area (Å²) in [6.07, 6.45) is 0. The Morgan fingerprint density at radius 3 is 2.33 bits per heavy atom. The van der Waals surface area contributed by atoms with E-state index in [4.69, 9.17) is 9.47 Å². The molecular weight excluding hydrogens is 508 g/mol. The van der Waals surface area contributed by atoms with Crippen LogP contribution in [0.5, 0.6) is 5.75 Å². The van der Waals surface area contributed by atoms with Crippen molar-refractivity contribution in [3.8, 4) is 5.75 Å². The molecule has 0 spiro atoms. The summed E-state index contributed by atoms with van der Waals surface area (Å²) in [5.41, 5.74) is 3.31. The van der Waals surface area contributed by atoms with Gasteiger partial charge >= 0.3 is 0 Å². The topological polar surface area (TPSA) is 93.7 Å². The second kappa shape index (κ2) is 10.8. The minimum atomic E-state index is -3.76. The number of anilines is 2. The van der Waals surface area contributed by atoms with Crippen molar-refractivity contribution in [1.29, 1.82) is 0 Å². The van der Waals surface area contributed by atoms with E-state index in [1.165, 1.54) is 12.1 Å². The monoisotopic (exact) mass is 532 g/mol. The quantitative estimate of drug-likeness (QED) is 0.372. The molecule has 0 aromatic heterocycles. The van der Waals surface area contributed by atoms with Crippen molar-refractivity contribution in [2.24, 2.45) is 0 Å². The molecule has 3 aromatic carbocycles. The summed E-state index contributed by atoms with van der Waals surface area (Å²) >= 11 is 3.40. The molecule has 0 atom stereocenters. The summed E-state index contributed by atoms with van der Waals surface area (Å²) in [6, 6.07) is 16.5. The van der Waals surface area contributed by atoms with Crippen molar-refractivity contribution in [2.45, 2.75) is 18.7 Å². The van der Waals surface area contributed by atoms with Crippen LogP contribution >= 0.6 is 15.9 Å². The first-order valence-corrected chi connectivity index (χ1v) is 12.4. The summed E-state index contributed by atoms with van der Waals surface area (Å²) in [5, 5.41) is 2.77. The van der Waals surface area contributed by atoms with Crippen LogP contribution in [0.4, 0.5) is 11.4 Å². The van der Waals surface area contributed by atoms with Gasteiger partial charge in [-0.3, -0.25) is 9.52 Å². The number of hydrogen-bond donors (Lipinski definition) is 2. The molecule has 9 heteroatoms. The maximum Gasteiger partial charge on any atom is 0.261 e. The van der Waals surface area contributed by atoms with Gasteiger partial charge in [-0.1, -0.05) is 17.7 Å². The molecule has 0 aliphatic rings. The zero-order valence-corrected chi connectivity index (χ0v) is 20.9. The van der Waals surface area contributed by atoms with E-state index in [0.717, 1.165) is 11.1 Å². The fourth-order valence-corrected chi connectivity index (χ4v) is 4.67. The smallest absolute Gasteiger partial charge is 0.261 e. The molecule has 1 amide bonds. The first-order chi connectivity index (χ1) is 15.7. The molecule has 3 aromatic rings. The number of sulfonamides is 1. The largest absolute Gasteiger partial charge is 0.490 e. The molecule has 0 fully saturated rings. The van der Waals surface area contributed by atoms with Crippen LogP contribution < -0.4 is 14.8 Å². The van der Waals surface area contributed by atoms with E-state index in [1.807, 2.05) is 26.0 Å². The van der Waals surface area contributed by atoms with Crippen LogP contribution in [0.3, 0.4) is 0 Å². The highest BCUT2D eigenvalue weighted by Crippen LogP contribution is 2.27. The Hall–Kier alpha value is -2.88. The van der Waals surface area contributed by atoms with Gasteiger partial charge in [0, 0.05) is 18.4 Å². The standard InChI is InChI=1S/C24H25BrN2O5S/c1-16-4-10-22(17(2)14-16)27-33(29,30)20-8-6-19(7-9-20)26-24(28)18-5-11-23(21(25)15-18)32-13-12-31-3/h4-11,14-15,27H,12-13H2,1-3H3,(H,26,28). The summed E-state index contributed by atoms with van der Waals surface area (Å²) in [4.78, 5) is 12.7. The van der Waals surface area contributed by atoms with Crippen LogP contribution in [-0.4, -0.2) is 34.6 Å². The van der Waals surface area contributed by atoms with Gasteiger partial charge in [-0.05, 0) is 83.9 Å². The Bertz CT molecular complexity index is 1240. The molecule has 174 valence electrons. The second-order valence-electron chi connectivity index (χ2n) is 7.39. The van der Waals surface area contributed by atoms with Crippen LogP contribution in [0.1, 0.15) is 21.5 Å². The van der Waals surface area contributed by atoms with Crippen molar-refractivity contribution >= 4 is 43.2 Å². The Balaban J connectivity index is 1.67. The molecule has 7 nitrogen and oxygen atoms in total. The van der Waals surface area contributed by atoms with Gasteiger partial charge in [-0.15, -0.1) is 0 Å². The normalized spacial score (nSPS) is 11.2. The Morgan fingerprint density at radius 1 is 0.970 bits per heavy atom. The summed E-state index contributed by atoms with van der Waals surface area (Å²) < 4.78 is 39.2. The van der Waals surface area contributed by atoms with Crippen LogP contribution in [0.15, 0.2) is 70.0 Å². The molecule has 0 saturated heterocycles. The molecule has 2 N–H and O–H groups in total. The highest BCUT2D eigenvalue weighted by atomic mass is 79.9. The van der Waals surface area contributed by atoms with E-state index in [9.17, 15) is 13.2 Å². The number of methoxy groups -OCH3 is 1. The predicted molar refractivity (Wildman–Crippen MR) is 133 cm³/mol. The lowest BCUT2D eigenvalue weighted by Crippen LogP contribution is -2.15. The molecule has 3 rings (SSSR count). The van der Waals surface area contributed by atoms with Crippen molar-refractivity contribution in [2.75, 3.05) is 30.4 Å². The van der Waals surface area contributed by atoms with Gasteiger partial charge in [-0.25, -0.2) is 8.42 Å². The highest BCUT2D eigenvalue weighted by molar-refractivity contribution is 9.10. The lowest BCUT2D eigenvalue weighted by molar-refractivity contribution is 0.102. The predicted octanol–water partition coefficient (Wildman–Crippen LogP) is 5.14. The average Bonchev–Trinajstić information content (AvgIpc) is 2.77. The van der Waals surface area contributed by atoms with Crippen LogP contribution in [-0.2, 0) is 14.8 Å². The van der Waals surface area contributed by atoms with Crippen molar-refractivity contribution in [3.05, 3.63) is 81.8 Å². The highest BCUT2D eigenvalue weighted by Gasteiger charge is 2.16. The number of amides is 1. The third-order valence-electron chi connectivity index (χ3n) is 4.79. The van der Waals surface area contributed by atoms with Gasteiger partial charge < -0.3 is 14.8 Å². The Morgan fingerprint density at radius 2 is 1.70 bits per heavy atom. The summed E-state index contributed by atoms with van der Waals surface area (Å²) in [6.45, 7) is 4.65. The molecule has 0 heterocycles. The average molecular weight is 533 g/mol. The maximum atomic E-state index is 12.7. The van der Waals surface area contributed by atoms with E-state index < -0.39 is 10.0 Å². The van der Waals surface area contributed by atoms with E-state index in [2.05, 4.69) is 26.0 Å². The number of aryl methyl sites for hydroxylation is 2. The summed E-state index contributed by atoms with van der Waals surface area (Å²) in [7, 11) is -2.17. The molecule has 0 unspecified atom stereocenters. The number of rotatable bonds is 9. The van der Waals surface area contributed by atoms with E-state index >= 15 is 0 Å². The third kappa shape index (κ3) is 6.56. The number of carbonyl (C=O) groups is 1. The zero-order valence-electron chi connectivity index (χ0n) is 18.5. The maximum absolute atomic E-state index is 12.7. The molecule has 0 saturated carbocycles. The minimum absolute atomic E-state index is 0.0979. The molecule has 0 radical (unpaired) electrons. The van der Waals surface area contributed by atoms with Gasteiger partial charge in [0.1, 0.15) is 12.4 Å². The van der Waals surface area contributed by atoms with Crippen LogP contribution in [0.25, 0.3) is 0 Å². The first kappa shape index (κ1) is 24.8. The van der Waals surface area contributed by atoms with Gasteiger partial charge in [0.2, 0.25) is 0 Å². The number of nitrogens with one attached hydrogen (secondary N) is 2. The lowest BCUT2D eigenvalue weighted by Gasteiger charge is -2.12. The molecule has 0 aliphatic carbocycles. The molecule has 0 bridgehead atoms. The number of ether oxygens (including phenoxy) is 2. The molecule has 0 aliphatic heterocycles.